The number of nitrogens with two attached hydrogens (primary N) is 1. The van der Waals surface area contributed by atoms with E-state index in [4.69, 9.17) is 10.5 Å². The van der Waals surface area contributed by atoms with Crippen LogP contribution < -0.4 is 10.5 Å². The highest BCUT2D eigenvalue weighted by Crippen LogP contribution is 2.21. The molecular weight excluding hydrogens is 229 g/mol. The van der Waals surface area contributed by atoms with Crippen molar-refractivity contribution in [2.45, 2.75) is 39.7 Å². The van der Waals surface area contributed by atoms with E-state index in [1.807, 2.05) is 26.8 Å². The first kappa shape index (κ1) is 14.7. The van der Waals surface area contributed by atoms with Crippen LogP contribution >= 0.6 is 0 Å². The third-order valence-corrected chi connectivity index (χ3v) is 2.76. The van der Waals surface area contributed by atoms with Crippen LogP contribution in [0.15, 0.2) is 29.8 Å². The molecule has 2 nitrogen and oxygen atoms in total. The van der Waals surface area contributed by atoms with Gasteiger partial charge in [-0.05, 0) is 56.5 Å². The maximum atomic E-state index is 13.2. The predicted octanol–water partition coefficient (Wildman–Crippen LogP) is 3.45. The van der Waals surface area contributed by atoms with Crippen molar-refractivity contribution in [3.8, 4) is 5.75 Å². The average molecular weight is 251 g/mol. The van der Waals surface area contributed by atoms with Crippen molar-refractivity contribution in [3.05, 3.63) is 41.2 Å². The zero-order valence-corrected chi connectivity index (χ0v) is 11.4. The van der Waals surface area contributed by atoms with Crippen LogP contribution in [0.5, 0.6) is 5.75 Å². The number of benzene rings is 1. The molecule has 0 spiro atoms. The second-order valence-corrected chi connectivity index (χ2v) is 4.72. The minimum absolute atomic E-state index is 0.0394. The fourth-order valence-corrected chi connectivity index (χ4v) is 1.57. The number of hydrogen-bond donors (Lipinski definition) is 1. The molecule has 0 fully saturated rings. The first-order valence-corrected chi connectivity index (χ1v) is 6.33. The van der Waals surface area contributed by atoms with Crippen molar-refractivity contribution in [1.29, 1.82) is 0 Å². The Bertz CT molecular complexity index is 411. The minimum Gasteiger partial charge on any atom is -0.489 e. The van der Waals surface area contributed by atoms with Gasteiger partial charge in [-0.15, -0.1) is 0 Å². The van der Waals surface area contributed by atoms with Crippen LogP contribution in [0.2, 0.25) is 0 Å². The lowest BCUT2D eigenvalue weighted by molar-refractivity contribution is 0.355. The van der Waals surface area contributed by atoms with Crippen molar-refractivity contribution >= 4 is 0 Å². The Balaban J connectivity index is 2.79. The molecule has 1 unspecified atom stereocenters. The Morgan fingerprint density at radius 3 is 2.78 bits per heavy atom. The fraction of sp³-hybridized carbons (Fsp3) is 0.467. The zero-order chi connectivity index (χ0) is 13.5. The highest BCUT2D eigenvalue weighted by molar-refractivity contribution is 5.34. The molecule has 3 heteroatoms. The Kier molecular flexibility index (Phi) is 5.86. The van der Waals surface area contributed by atoms with Gasteiger partial charge in [0.15, 0.2) is 0 Å². The van der Waals surface area contributed by atoms with E-state index in [9.17, 15) is 4.39 Å². The van der Waals surface area contributed by atoms with E-state index in [1.165, 1.54) is 17.7 Å². The summed E-state index contributed by atoms with van der Waals surface area (Å²) in [5.41, 5.74) is 7.95. The minimum atomic E-state index is -0.247. The molecule has 0 amide bonds. The van der Waals surface area contributed by atoms with Crippen LogP contribution in [-0.4, -0.2) is 12.6 Å². The molecule has 0 bridgehead atoms. The molecule has 1 rings (SSSR count). The summed E-state index contributed by atoms with van der Waals surface area (Å²) < 4.78 is 18.9. The molecule has 0 saturated heterocycles. The van der Waals surface area contributed by atoms with Gasteiger partial charge in [0.05, 0.1) is 0 Å². The largest absolute Gasteiger partial charge is 0.489 e. The second-order valence-electron chi connectivity index (χ2n) is 4.72. The van der Waals surface area contributed by atoms with Crippen LogP contribution in [-0.2, 0) is 6.42 Å². The molecule has 0 saturated carbocycles. The topological polar surface area (TPSA) is 35.2 Å². The van der Waals surface area contributed by atoms with Crippen molar-refractivity contribution in [3.63, 3.8) is 0 Å². The molecule has 1 aromatic rings. The summed E-state index contributed by atoms with van der Waals surface area (Å²) in [6, 6.07) is 4.63. The monoisotopic (exact) mass is 251 g/mol. The molecule has 100 valence electrons. The van der Waals surface area contributed by atoms with Crippen LogP contribution in [0.4, 0.5) is 4.39 Å². The molecule has 0 aliphatic heterocycles. The van der Waals surface area contributed by atoms with Gasteiger partial charge in [-0.1, -0.05) is 12.5 Å². The summed E-state index contributed by atoms with van der Waals surface area (Å²) in [7, 11) is 0. The quantitative estimate of drug-likeness (QED) is 0.786. The number of rotatable bonds is 6. The number of allylic oxidation sites excluding steroid dienone is 1. The van der Waals surface area contributed by atoms with Gasteiger partial charge >= 0.3 is 0 Å². The van der Waals surface area contributed by atoms with Gasteiger partial charge in [0.25, 0.3) is 0 Å². The molecule has 0 radical (unpaired) electrons. The van der Waals surface area contributed by atoms with Crippen molar-refractivity contribution in [1.82, 2.24) is 0 Å². The Labute approximate surface area is 109 Å². The molecule has 1 atom stereocenters. The normalized spacial score (nSPS) is 12.1. The fourth-order valence-electron chi connectivity index (χ4n) is 1.57. The molecule has 2 N–H and O–H groups in total. The van der Waals surface area contributed by atoms with E-state index in [0.717, 1.165) is 17.7 Å². The van der Waals surface area contributed by atoms with Crippen LogP contribution in [0.25, 0.3) is 0 Å². The smallest absolute Gasteiger partial charge is 0.123 e. The third-order valence-electron chi connectivity index (χ3n) is 2.76. The maximum absolute atomic E-state index is 13.2. The predicted molar refractivity (Wildman–Crippen MR) is 73.3 cm³/mol. The molecule has 0 heterocycles. The number of halogens is 1. The van der Waals surface area contributed by atoms with Crippen molar-refractivity contribution in [2.75, 3.05) is 6.61 Å². The Hall–Kier alpha value is -1.35. The molecule has 18 heavy (non-hydrogen) atoms. The van der Waals surface area contributed by atoms with Gasteiger partial charge in [0.2, 0.25) is 0 Å². The van der Waals surface area contributed by atoms with Gasteiger partial charge in [0.1, 0.15) is 18.2 Å². The zero-order valence-electron chi connectivity index (χ0n) is 11.4. The highest BCUT2D eigenvalue weighted by atomic mass is 19.1. The third kappa shape index (κ3) is 4.88. The Morgan fingerprint density at radius 1 is 1.44 bits per heavy atom. The van der Waals surface area contributed by atoms with Crippen LogP contribution in [0.1, 0.15) is 32.8 Å². The lowest BCUT2D eigenvalue weighted by Gasteiger charge is -2.14. The Morgan fingerprint density at radius 2 is 2.17 bits per heavy atom. The van der Waals surface area contributed by atoms with Gasteiger partial charge in [-0.2, -0.15) is 0 Å². The van der Waals surface area contributed by atoms with E-state index < -0.39 is 0 Å². The molecule has 0 aromatic heterocycles. The summed E-state index contributed by atoms with van der Waals surface area (Å²) in [6.07, 6.45) is 3.50. The van der Waals surface area contributed by atoms with Gasteiger partial charge in [0, 0.05) is 6.04 Å². The van der Waals surface area contributed by atoms with E-state index in [0.29, 0.717) is 13.0 Å². The van der Waals surface area contributed by atoms with Crippen LogP contribution in [0, 0.1) is 5.82 Å². The number of ether oxygens (including phenoxy) is 1. The van der Waals surface area contributed by atoms with E-state index >= 15 is 0 Å². The summed E-state index contributed by atoms with van der Waals surface area (Å²) in [4.78, 5) is 0. The summed E-state index contributed by atoms with van der Waals surface area (Å²) in [6.45, 7) is 6.56. The summed E-state index contributed by atoms with van der Waals surface area (Å²) >= 11 is 0. The summed E-state index contributed by atoms with van der Waals surface area (Å²) in [5.74, 6) is 0.473. The standard InChI is InChI=1S/C15H22FNO/c1-4-14(17)10-12-9-13(16)5-6-15(12)18-8-7-11(2)3/h5-7,9,14H,4,8,10,17H2,1-3H3. The van der Waals surface area contributed by atoms with E-state index in [2.05, 4.69) is 0 Å². The number of hydrogen-bond acceptors (Lipinski definition) is 2. The second kappa shape index (κ2) is 7.17. The lowest BCUT2D eigenvalue weighted by atomic mass is 10.0. The average Bonchev–Trinajstić information content (AvgIpc) is 2.31. The highest BCUT2D eigenvalue weighted by Gasteiger charge is 2.09. The van der Waals surface area contributed by atoms with Crippen LogP contribution in [0.3, 0.4) is 0 Å². The molecule has 0 aliphatic carbocycles. The molecule has 0 aliphatic rings. The van der Waals surface area contributed by atoms with Crippen molar-refractivity contribution in [2.24, 2.45) is 5.73 Å². The van der Waals surface area contributed by atoms with Crippen molar-refractivity contribution < 1.29 is 9.13 Å². The SMILES string of the molecule is CCC(N)Cc1cc(F)ccc1OCC=C(C)C. The summed E-state index contributed by atoms with van der Waals surface area (Å²) in [5, 5.41) is 0. The van der Waals surface area contributed by atoms with Gasteiger partial charge in [-0.3, -0.25) is 0 Å². The van der Waals surface area contributed by atoms with E-state index in [1.54, 1.807) is 6.07 Å². The van der Waals surface area contributed by atoms with Gasteiger partial charge in [-0.25, -0.2) is 4.39 Å². The molecule has 1 aromatic carbocycles. The molecular formula is C15H22FNO. The maximum Gasteiger partial charge on any atom is 0.123 e. The first-order chi connectivity index (χ1) is 8.52. The first-order valence-electron chi connectivity index (χ1n) is 6.33. The van der Waals surface area contributed by atoms with Gasteiger partial charge < -0.3 is 10.5 Å². The van der Waals surface area contributed by atoms with E-state index in [-0.39, 0.29) is 11.9 Å². The lowest BCUT2D eigenvalue weighted by Crippen LogP contribution is -2.21.